The Morgan fingerprint density at radius 1 is 1.46 bits per heavy atom. The molecule has 0 saturated heterocycles. The standard InChI is InChI=1S/C9H9NO3/c1-13-10-6-7-2-4-8(5-3-7)9(11)12/h2-6H,1H3,(H,11,12)/b10-6-. The summed E-state index contributed by atoms with van der Waals surface area (Å²) in [5, 5.41) is 12.1. The zero-order valence-corrected chi connectivity index (χ0v) is 7.10. The van der Waals surface area contributed by atoms with Gasteiger partial charge in [-0.2, -0.15) is 0 Å². The van der Waals surface area contributed by atoms with E-state index < -0.39 is 5.97 Å². The molecule has 1 aromatic carbocycles. The Morgan fingerprint density at radius 2 is 2.08 bits per heavy atom. The Morgan fingerprint density at radius 3 is 2.54 bits per heavy atom. The number of benzene rings is 1. The van der Waals surface area contributed by atoms with E-state index in [0.717, 1.165) is 5.56 Å². The van der Waals surface area contributed by atoms with E-state index >= 15 is 0 Å². The van der Waals surface area contributed by atoms with E-state index in [-0.39, 0.29) is 5.56 Å². The van der Waals surface area contributed by atoms with Crippen LogP contribution in [0.2, 0.25) is 0 Å². The van der Waals surface area contributed by atoms with Crippen molar-refractivity contribution in [1.82, 2.24) is 0 Å². The van der Waals surface area contributed by atoms with Crippen LogP contribution in [0.15, 0.2) is 29.4 Å². The van der Waals surface area contributed by atoms with Crippen molar-refractivity contribution in [3.63, 3.8) is 0 Å². The number of carboxylic acids is 1. The SMILES string of the molecule is CO/N=C\c1ccc(C(=O)O)cc1. The summed E-state index contributed by atoms with van der Waals surface area (Å²) in [7, 11) is 1.45. The van der Waals surface area contributed by atoms with E-state index in [2.05, 4.69) is 9.99 Å². The van der Waals surface area contributed by atoms with Crippen LogP contribution < -0.4 is 0 Å². The molecule has 0 amide bonds. The van der Waals surface area contributed by atoms with Gasteiger partial charge in [-0.1, -0.05) is 17.3 Å². The fourth-order valence-electron chi connectivity index (χ4n) is 0.825. The van der Waals surface area contributed by atoms with Crippen molar-refractivity contribution in [3.8, 4) is 0 Å². The van der Waals surface area contributed by atoms with E-state index in [4.69, 9.17) is 5.11 Å². The Kier molecular flexibility index (Phi) is 3.03. The quantitative estimate of drug-likeness (QED) is 0.563. The van der Waals surface area contributed by atoms with Gasteiger partial charge in [-0.05, 0) is 17.7 Å². The third kappa shape index (κ3) is 2.59. The van der Waals surface area contributed by atoms with Crippen molar-refractivity contribution < 1.29 is 14.7 Å². The second kappa shape index (κ2) is 4.25. The van der Waals surface area contributed by atoms with Crippen molar-refractivity contribution in [2.75, 3.05) is 7.11 Å². The van der Waals surface area contributed by atoms with Crippen LogP contribution in [0.5, 0.6) is 0 Å². The van der Waals surface area contributed by atoms with Gasteiger partial charge >= 0.3 is 5.97 Å². The number of carbonyl (C=O) groups is 1. The molecule has 13 heavy (non-hydrogen) atoms. The number of aromatic carboxylic acids is 1. The van der Waals surface area contributed by atoms with Crippen molar-refractivity contribution in [1.29, 1.82) is 0 Å². The molecule has 0 aliphatic heterocycles. The molecule has 1 aromatic rings. The highest BCUT2D eigenvalue weighted by molar-refractivity contribution is 5.89. The van der Waals surface area contributed by atoms with E-state index in [0.29, 0.717) is 0 Å². The molecule has 4 heteroatoms. The molecular formula is C9H9NO3. The lowest BCUT2D eigenvalue weighted by Crippen LogP contribution is -1.95. The van der Waals surface area contributed by atoms with Gasteiger partial charge in [-0.25, -0.2) is 4.79 Å². The lowest BCUT2D eigenvalue weighted by molar-refractivity contribution is 0.0697. The summed E-state index contributed by atoms with van der Waals surface area (Å²) < 4.78 is 0. The minimum atomic E-state index is -0.935. The van der Waals surface area contributed by atoms with Crippen LogP contribution in [0.25, 0.3) is 0 Å². The smallest absolute Gasteiger partial charge is 0.335 e. The average molecular weight is 179 g/mol. The van der Waals surface area contributed by atoms with Gasteiger partial charge in [0.2, 0.25) is 0 Å². The minimum Gasteiger partial charge on any atom is -0.478 e. The highest BCUT2D eigenvalue weighted by Gasteiger charge is 1.99. The van der Waals surface area contributed by atoms with Crippen molar-refractivity contribution in [2.45, 2.75) is 0 Å². The molecule has 0 aliphatic carbocycles. The van der Waals surface area contributed by atoms with Crippen LogP contribution in [0.3, 0.4) is 0 Å². The van der Waals surface area contributed by atoms with Crippen LogP contribution in [-0.4, -0.2) is 24.4 Å². The number of nitrogens with zero attached hydrogens (tertiary/aromatic N) is 1. The third-order valence-corrected chi connectivity index (χ3v) is 1.46. The molecule has 0 radical (unpaired) electrons. The van der Waals surface area contributed by atoms with E-state index in [1.54, 1.807) is 12.1 Å². The Hall–Kier alpha value is -1.84. The largest absolute Gasteiger partial charge is 0.478 e. The predicted octanol–water partition coefficient (Wildman–Crippen LogP) is 1.37. The Labute approximate surface area is 75.4 Å². The van der Waals surface area contributed by atoms with Crippen molar-refractivity contribution in [2.24, 2.45) is 5.16 Å². The first-order valence-electron chi connectivity index (χ1n) is 3.64. The van der Waals surface area contributed by atoms with Crippen LogP contribution in [0.1, 0.15) is 15.9 Å². The predicted molar refractivity (Wildman–Crippen MR) is 48.0 cm³/mol. The van der Waals surface area contributed by atoms with Gasteiger partial charge in [0.25, 0.3) is 0 Å². The highest BCUT2D eigenvalue weighted by Crippen LogP contribution is 2.02. The van der Waals surface area contributed by atoms with Gasteiger partial charge in [0, 0.05) is 0 Å². The first-order valence-corrected chi connectivity index (χ1v) is 3.64. The molecule has 0 heterocycles. The molecule has 0 spiro atoms. The summed E-state index contributed by atoms with van der Waals surface area (Å²) in [4.78, 5) is 14.9. The van der Waals surface area contributed by atoms with Crippen LogP contribution >= 0.6 is 0 Å². The molecule has 0 aliphatic rings. The summed E-state index contributed by atoms with van der Waals surface area (Å²) in [5.41, 5.74) is 1.06. The summed E-state index contributed by atoms with van der Waals surface area (Å²) in [6, 6.07) is 6.34. The van der Waals surface area contributed by atoms with Crippen molar-refractivity contribution >= 4 is 12.2 Å². The second-order valence-corrected chi connectivity index (χ2v) is 2.34. The Balaban J connectivity index is 2.81. The number of rotatable bonds is 3. The highest BCUT2D eigenvalue weighted by atomic mass is 16.6. The van der Waals surface area contributed by atoms with Gasteiger partial charge in [0.05, 0.1) is 11.8 Å². The summed E-state index contributed by atoms with van der Waals surface area (Å²) in [6.45, 7) is 0. The van der Waals surface area contributed by atoms with Crippen molar-refractivity contribution in [3.05, 3.63) is 35.4 Å². The number of carboxylic acid groups (broad SMARTS) is 1. The van der Waals surface area contributed by atoms with Gasteiger partial charge in [0.15, 0.2) is 0 Å². The number of hydrogen-bond donors (Lipinski definition) is 1. The molecule has 0 fully saturated rings. The fraction of sp³-hybridized carbons (Fsp3) is 0.111. The van der Waals surface area contributed by atoms with Gasteiger partial charge < -0.3 is 9.94 Å². The number of oxime groups is 1. The summed E-state index contributed by atoms with van der Waals surface area (Å²) in [6.07, 6.45) is 1.51. The first kappa shape index (κ1) is 9.25. The van der Waals surface area contributed by atoms with E-state index in [1.807, 2.05) is 0 Å². The first-order chi connectivity index (χ1) is 6.24. The van der Waals surface area contributed by atoms with E-state index in [9.17, 15) is 4.79 Å². The molecule has 68 valence electrons. The van der Waals surface area contributed by atoms with Crippen LogP contribution in [0, 0.1) is 0 Å². The second-order valence-electron chi connectivity index (χ2n) is 2.34. The van der Waals surface area contributed by atoms with Gasteiger partial charge in [-0.15, -0.1) is 0 Å². The van der Waals surface area contributed by atoms with E-state index in [1.165, 1.54) is 25.5 Å². The molecule has 0 atom stereocenters. The van der Waals surface area contributed by atoms with Crippen LogP contribution in [-0.2, 0) is 4.84 Å². The maximum Gasteiger partial charge on any atom is 0.335 e. The van der Waals surface area contributed by atoms with Gasteiger partial charge in [0.1, 0.15) is 7.11 Å². The molecule has 4 nitrogen and oxygen atoms in total. The van der Waals surface area contributed by atoms with Crippen LogP contribution in [0.4, 0.5) is 0 Å². The lowest BCUT2D eigenvalue weighted by Gasteiger charge is -1.94. The molecular weight excluding hydrogens is 170 g/mol. The molecule has 0 aromatic heterocycles. The molecule has 1 N–H and O–H groups in total. The monoisotopic (exact) mass is 179 g/mol. The zero-order valence-electron chi connectivity index (χ0n) is 7.10. The third-order valence-electron chi connectivity index (χ3n) is 1.46. The Bertz CT molecular complexity index is 316. The normalized spacial score (nSPS) is 10.2. The topological polar surface area (TPSA) is 58.9 Å². The lowest BCUT2D eigenvalue weighted by atomic mass is 10.1. The zero-order chi connectivity index (χ0) is 9.68. The summed E-state index contributed by atoms with van der Waals surface area (Å²) >= 11 is 0. The molecule has 0 bridgehead atoms. The molecule has 0 saturated carbocycles. The minimum absolute atomic E-state index is 0.259. The maximum absolute atomic E-state index is 10.5. The maximum atomic E-state index is 10.5. The number of hydrogen-bond acceptors (Lipinski definition) is 3. The summed E-state index contributed by atoms with van der Waals surface area (Å²) in [5.74, 6) is -0.935. The van der Waals surface area contributed by atoms with Gasteiger partial charge in [-0.3, -0.25) is 0 Å². The molecule has 1 rings (SSSR count). The fourth-order valence-corrected chi connectivity index (χ4v) is 0.825. The average Bonchev–Trinajstić information content (AvgIpc) is 2.15. The molecule has 0 unspecified atom stereocenters.